The first-order chi connectivity index (χ1) is 11.1. The number of ether oxygens (including phenoxy) is 1. The van der Waals surface area contributed by atoms with Gasteiger partial charge in [0.25, 0.3) is 0 Å². The first kappa shape index (κ1) is 21.6. The van der Waals surface area contributed by atoms with Crippen LogP contribution in [0.25, 0.3) is 0 Å². The molecule has 24 heavy (non-hydrogen) atoms. The lowest BCUT2D eigenvalue weighted by Gasteiger charge is -2.21. The molecule has 7 heteroatoms. The average Bonchev–Trinajstić information content (AvgIpc) is 3.11. The Hall–Kier alpha value is -0.410. The van der Waals surface area contributed by atoms with Crippen molar-refractivity contribution in [3.63, 3.8) is 0 Å². The maximum atomic E-state index is 5.57. The van der Waals surface area contributed by atoms with E-state index in [0.717, 1.165) is 62.5 Å². The number of halogens is 1. The van der Waals surface area contributed by atoms with Gasteiger partial charge in [-0.15, -0.1) is 35.3 Å². The van der Waals surface area contributed by atoms with Gasteiger partial charge in [0.1, 0.15) is 0 Å². The van der Waals surface area contributed by atoms with Crippen LogP contribution in [0.15, 0.2) is 4.99 Å². The van der Waals surface area contributed by atoms with E-state index in [4.69, 9.17) is 9.73 Å². The van der Waals surface area contributed by atoms with Crippen molar-refractivity contribution in [2.75, 3.05) is 39.4 Å². The second-order valence-electron chi connectivity index (χ2n) is 5.99. The molecule has 0 amide bonds. The van der Waals surface area contributed by atoms with Crippen LogP contribution < -0.4 is 5.32 Å². The number of hydrogen-bond acceptors (Lipinski definition) is 4. The molecular formula is C17H31IN4OS. The number of likely N-dealkylation sites (tertiary alicyclic amines) is 1. The molecule has 138 valence electrons. The number of nitrogens with zero attached hydrogens (tertiary/aromatic N) is 3. The molecule has 0 radical (unpaired) electrons. The molecule has 2 heterocycles. The average molecular weight is 466 g/mol. The molecule has 0 bridgehead atoms. The van der Waals surface area contributed by atoms with Gasteiger partial charge in [-0.25, -0.2) is 4.98 Å². The Morgan fingerprint density at radius 1 is 1.42 bits per heavy atom. The summed E-state index contributed by atoms with van der Waals surface area (Å²) in [6.45, 7) is 13.9. The second-order valence-corrected chi connectivity index (χ2v) is 7.28. The van der Waals surface area contributed by atoms with Gasteiger partial charge in [0.15, 0.2) is 5.96 Å². The molecule has 1 aliphatic rings. The number of aryl methyl sites for hydroxylation is 2. The highest BCUT2D eigenvalue weighted by atomic mass is 127. The van der Waals surface area contributed by atoms with E-state index in [2.05, 4.69) is 42.9 Å². The molecule has 0 saturated carbocycles. The Kier molecular flexibility index (Phi) is 10.1. The van der Waals surface area contributed by atoms with Crippen molar-refractivity contribution in [2.45, 2.75) is 40.5 Å². The zero-order valence-corrected chi connectivity index (χ0v) is 18.4. The Morgan fingerprint density at radius 2 is 2.21 bits per heavy atom. The molecule has 1 aliphatic heterocycles. The predicted octanol–water partition coefficient (Wildman–Crippen LogP) is 3.24. The molecule has 1 aromatic rings. The van der Waals surface area contributed by atoms with E-state index in [9.17, 15) is 0 Å². The van der Waals surface area contributed by atoms with Gasteiger partial charge < -0.3 is 15.0 Å². The van der Waals surface area contributed by atoms with Crippen LogP contribution in [0.5, 0.6) is 0 Å². The summed E-state index contributed by atoms with van der Waals surface area (Å²) < 4.78 is 5.57. The van der Waals surface area contributed by atoms with Gasteiger partial charge >= 0.3 is 0 Å². The predicted molar refractivity (Wildman–Crippen MR) is 113 cm³/mol. The maximum absolute atomic E-state index is 5.57. The van der Waals surface area contributed by atoms with Crippen LogP contribution in [0.2, 0.25) is 0 Å². The van der Waals surface area contributed by atoms with Crippen LogP contribution in [0, 0.1) is 19.8 Å². The van der Waals surface area contributed by atoms with E-state index in [1.807, 2.05) is 0 Å². The van der Waals surface area contributed by atoms with Crippen molar-refractivity contribution < 1.29 is 4.74 Å². The number of nitrogens with one attached hydrogen (secondary N) is 1. The molecule has 5 nitrogen and oxygen atoms in total. The number of thiazole rings is 1. The first-order valence-electron chi connectivity index (χ1n) is 8.67. The molecule has 0 aliphatic carbocycles. The Bertz CT molecular complexity index is 521. The zero-order chi connectivity index (χ0) is 16.7. The lowest BCUT2D eigenvalue weighted by atomic mass is 10.1. The highest BCUT2D eigenvalue weighted by Gasteiger charge is 2.24. The Labute approximate surface area is 167 Å². The Balaban J connectivity index is 0.00000288. The summed E-state index contributed by atoms with van der Waals surface area (Å²) in [5.74, 6) is 1.68. The standard InChI is InChI=1S/C17H30N4OS.HI/c1-5-18-17(21-10-8-15(11-21)12-22-6-2)19-9-7-16-13(3)20-14(4)23-16;/h15H,5-12H2,1-4H3,(H,18,19);1H. The lowest BCUT2D eigenvalue weighted by molar-refractivity contribution is 0.114. The summed E-state index contributed by atoms with van der Waals surface area (Å²) >= 11 is 1.79. The lowest BCUT2D eigenvalue weighted by Crippen LogP contribution is -2.40. The van der Waals surface area contributed by atoms with Gasteiger partial charge in [-0.3, -0.25) is 4.99 Å². The van der Waals surface area contributed by atoms with Crippen LogP contribution in [-0.2, 0) is 11.2 Å². The summed E-state index contributed by atoms with van der Waals surface area (Å²) in [5, 5.41) is 4.58. The van der Waals surface area contributed by atoms with Crippen molar-refractivity contribution >= 4 is 41.3 Å². The van der Waals surface area contributed by atoms with Crippen LogP contribution in [0.4, 0.5) is 0 Å². The topological polar surface area (TPSA) is 49.8 Å². The minimum Gasteiger partial charge on any atom is -0.381 e. The van der Waals surface area contributed by atoms with Gasteiger partial charge in [0, 0.05) is 50.0 Å². The van der Waals surface area contributed by atoms with E-state index in [1.165, 1.54) is 11.3 Å². The molecule has 1 saturated heterocycles. The third-order valence-electron chi connectivity index (χ3n) is 4.08. The molecule has 0 spiro atoms. The van der Waals surface area contributed by atoms with Gasteiger partial charge in [0.2, 0.25) is 0 Å². The van der Waals surface area contributed by atoms with Crippen LogP contribution in [0.1, 0.15) is 35.8 Å². The first-order valence-corrected chi connectivity index (χ1v) is 9.49. The fourth-order valence-electron chi connectivity index (χ4n) is 2.94. The maximum Gasteiger partial charge on any atom is 0.193 e. The van der Waals surface area contributed by atoms with Crippen molar-refractivity contribution in [3.8, 4) is 0 Å². The Morgan fingerprint density at radius 3 is 2.83 bits per heavy atom. The molecule has 1 N–H and O–H groups in total. The van der Waals surface area contributed by atoms with E-state index in [1.54, 1.807) is 11.3 Å². The zero-order valence-electron chi connectivity index (χ0n) is 15.3. The van der Waals surface area contributed by atoms with Gasteiger partial charge in [-0.1, -0.05) is 0 Å². The van der Waals surface area contributed by atoms with Crippen LogP contribution in [0.3, 0.4) is 0 Å². The quantitative estimate of drug-likeness (QED) is 0.381. The summed E-state index contributed by atoms with van der Waals surface area (Å²) in [7, 11) is 0. The van der Waals surface area contributed by atoms with Crippen molar-refractivity contribution in [2.24, 2.45) is 10.9 Å². The monoisotopic (exact) mass is 466 g/mol. The van der Waals surface area contributed by atoms with Crippen molar-refractivity contribution in [3.05, 3.63) is 15.6 Å². The third kappa shape index (κ3) is 6.48. The van der Waals surface area contributed by atoms with Crippen molar-refractivity contribution in [1.29, 1.82) is 0 Å². The van der Waals surface area contributed by atoms with Crippen LogP contribution >= 0.6 is 35.3 Å². The number of hydrogen-bond donors (Lipinski definition) is 1. The molecule has 1 atom stereocenters. The minimum absolute atomic E-state index is 0. The number of rotatable bonds is 7. The van der Waals surface area contributed by atoms with Crippen LogP contribution in [-0.4, -0.2) is 55.2 Å². The summed E-state index contributed by atoms with van der Waals surface area (Å²) in [6.07, 6.45) is 2.17. The van der Waals surface area contributed by atoms with E-state index in [-0.39, 0.29) is 24.0 Å². The fraction of sp³-hybridized carbons (Fsp3) is 0.765. The number of aromatic nitrogens is 1. The molecule has 2 rings (SSSR count). The third-order valence-corrected chi connectivity index (χ3v) is 5.21. The van der Waals surface area contributed by atoms with Crippen molar-refractivity contribution in [1.82, 2.24) is 15.2 Å². The largest absolute Gasteiger partial charge is 0.381 e. The summed E-state index contributed by atoms with van der Waals surface area (Å²) in [4.78, 5) is 13.0. The SMILES string of the molecule is CCNC(=NCCc1sc(C)nc1C)N1CCC(COCC)C1.I. The fourth-order valence-corrected chi connectivity index (χ4v) is 3.87. The molecule has 1 unspecified atom stereocenters. The smallest absolute Gasteiger partial charge is 0.193 e. The van der Waals surface area contributed by atoms with E-state index in [0.29, 0.717) is 5.92 Å². The number of guanidine groups is 1. The molecule has 1 fully saturated rings. The van der Waals surface area contributed by atoms with Gasteiger partial charge in [-0.05, 0) is 34.1 Å². The number of aliphatic imine (C=N–C) groups is 1. The normalized spacial score (nSPS) is 17.9. The summed E-state index contributed by atoms with van der Waals surface area (Å²) in [6, 6.07) is 0. The molecule has 1 aromatic heterocycles. The highest BCUT2D eigenvalue weighted by molar-refractivity contribution is 14.0. The molecule has 0 aromatic carbocycles. The van der Waals surface area contributed by atoms with E-state index < -0.39 is 0 Å². The van der Waals surface area contributed by atoms with Gasteiger partial charge in [0.05, 0.1) is 17.3 Å². The van der Waals surface area contributed by atoms with Gasteiger partial charge in [-0.2, -0.15) is 0 Å². The second kappa shape index (κ2) is 11.3. The summed E-state index contributed by atoms with van der Waals surface area (Å²) in [5.41, 5.74) is 1.16. The minimum atomic E-state index is 0. The molecular weight excluding hydrogens is 435 g/mol. The highest BCUT2D eigenvalue weighted by Crippen LogP contribution is 2.19. The van der Waals surface area contributed by atoms with E-state index >= 15 is 0 Å².